The van der Waals surface area contributed by atoms with Crippen molar-refractivity contribution >= 4 is 51.8 Å². The molecule has 0 aliphatic carbocycles. The minimum absolute atomic E-state index is 0.511. The number of nitrogens with one attached hydrogen (secondary N) is 1. The van der Waals surface area contributed by atoms with Crippen molar-refractivity contribution < 1.29 is 0 Å². The predicted molar refractivity (Wildman–Crippen MR) is 126 cm³/mol. The molecular weight excluding hydrogens is 455 g/mol. The number of aromatic nitrogens is 4. The van der Waals surface area contributed by atoms with Crippen LogP contribution in [0, 0.1) is 0 Å². The van der Waals surface area contributed by atoms with E-state index in [1.165, 1.54) is 6.42 Å². The number of rotatable bonds is 4. The molecule has 1 N–H and O–H groups in total. The van der Waals surface area contributed by atoms with Crippen molar-refractivity contribution in [1.29, 1.82) is 0 Å². The molecule has 4 aromatic rings. The highest BCUT2D eigenvalue weighted by atomic mass is 35.5. The molecule has 1 aliphatic heterocycles. The summed E-state index contributed by atoms with van der Waals surface area (Å²) >= 11 is 18.8. The first kappa shape index (κ1) is 20.5. The van der Waals surface area contributed by atoms with E-state index in [-0.39, 0.29) is 0 Å². The number of piperidine rings is 1. The standard InChI is InChI=1S/C22H19Cl3N6/c23-14-4-7-16(8-5-14)31-21(17-9-6-15(24)12-18(17)25)28-19-20(26-13-27-22(19)31)29-30-10-2-1-3-11-30/h4-9,12-13H,1-3,10-11H2,(H,26,27,29). The summed E-state index contributed by atoms with van der Waals surface area (Å²) in [6, 6.07) is 12.9. The lowest BCUT2D eigenvalue weighted by Gasteiger charge is -2.27. The van der Waals surface area contributed by atoms with Crippen LogP contribution in [0.3, 0.4) is 0 Å². The number of hydrazine groups is 1. The van der Waals surface area contributed by atoms with Crippen LogP contribution in [0.2, 0.25) is 15.1 Å². The zero-order chi connectivity index (χ0) is 21.4. The van der Waals surface area contributed by atoms with Crippen LogP contribution < -0.4 is 5.43 Å². The number of imidazole rings is 1. The van der Waals surface area contributed by atoms with Gasteiger partial charge >= 0.3 is 0 Å². The third-order valence-corrected chi connectivity index (χ3v) is 6.12. The Morgan fingerprint density at radius 3 is 2.32 bits per heavy atom. The minimum Gasteiger partial charge on any atom is -0.301 e. The maximum Gasteiger partial charge on any atom is 0.172 e. The molecule has 3 heterocycles. The highest BCUT2D eigenvalue weighted by Crippen LogP contribution is 2.35. The van der Waals surface area contributed by atoms with Gasteiger partial charge in [-0.2, -0.15) is 0 Å². The molecule has 5 rings (SSSR count). The molecule has 0 atom stereocenters. The second-order valence-electron chi connectivity index (χ2n) is 7.43. The van der Waals surface area contributed by atoms with Gasteiger partial charge in [0.25, 0.3) is 0 Å². The number of fused-ring (bicyclic) bond motifs is 1. The minimum atomic E-state index is 0.511. The Hall–Kier alpha value is -2.38. The molecule has 0 unspecified atom stereocenters. The van der Waals surface area contributed by atoms with Crippen molar-refractivity contribution in [2.45, 2.75) is 19.3 Å². The summed E-state index contributed by atoms with van der Waals surface area (Å²) in [5, 5.41) is 3.91. The van der Waals surface area contributed by atoms with Crippen molar-refractivity contribution in [2.75, 3.05) is 18.5 Å². The third-order valence-electron chi connectivity index (χ3n) is 5.32. The van der Waals surface area contributed by atoms with Gasteiger partial charge in [0, 0.05) is 34.4 Å². The van der Waals surface area contributed by atoms with E-state index in [1.54, 1.807) is 18.5 Å². The van der Waals surface area contributed by atoms with Gasteiger partial charge in [-0.1, -0.05) is 41.2 Å². The van der Waals surface area contributed by atoms with E-state index in [0.717, 1.165) is 37.2 Å². The second-order valence-corrected chi connectivity index (χ2v) is 8.71. The van der Waals surface area contributed by atoms with E-state index in [4.69, 9.17) is 39.8 Å². The maximum absolute atomic E-state index is 6.55. The van der Waals surface area contributed by atoms with E-state index in [0.29, 0.717) is 37.9 Å². The van der Waals surface area contributed by atoms with E-state index >= 15 is 0 Å². The summed E-state index contributed by atoms with van der Waals surface area (Å²) in [7, 11) is 0. The lowest BCUT2D eigenvalue weighted by Crippen LogP contribution is -2.35. The molecular formula is C22H19Cl3N6. The maximum atomic E-state index is 6.55. The Morgan fingerprint density at radius 1 is 0.839 bits per heavy atom. The molecule has 9 heteroatoms. The number of halogens is 3. The van der Waals surface area contributed by atoms with Gasteiger partial charge in [-0.25, -0.2) is 20.0 Å². The number of anilines is 1. The first-order valence-corrected chi connectivity index (χ1v) is 11.2. The van der Waals surface area contributed by atoms with Crippen molar-refractivity contribution in [3.05, 3.63) is 63.9 Å². The molecule has 158 valence electrons. The fourth-order valence-corrected chi connectivity index (χ4v) is 4.43. The van der Waals surface area contributed by atoms with Crippen LogP contribution in [-0.2, 0) is 0 Å². The largest absolute Gasteiger partial charge is 0.301 e. The first-order chi connectivity index (χ1) is 15.1. The van der Waals surface area contributed by atoms with Crippen LogP contribution in [0.1, 0.15) is 19.3 Å². The van der Waals surface area contributed by atoms with Gasteiger partial charge in [-0.15, -0.1) is 0 Å². The summed E-state index contributed by atoms with van der Waals surface area (Å²) in [5.74, 6) is 1.33. The van der Waals surface area contributed by atoms with Crippen molar-refractivity contribution in [3.63, 3.8) is 0 Å². The number of benzene rings is 2. The molecule has 1 fully saturated rings. The summed E-state index contributed by atoms with van der Waals surface area (Å²) < 4.78 is 1.96. The van der Waals surface area contributed by atoms with Gasteiger partial charge in [0.2, 0.25) is 0 Å². The summed E-state index contributed by atoms with van der Waals surface area (Å²) in [6.07, 6.45) is 5.12. The highest BCUT2D eigenvalue weighted by molar-refractivity contribution is 6.36. The lowest BCUT2D eigenvalue weighted by molar-refractivity contribution is 0.272. The summed E-state index contributed by atoms with van der Waals surface area (Å²) in [4.78, 5) is 14.0. The fraction of sp³-hybridized carbons (Fsp3) is 0.227. The average Bonchev–Trinajstić information content (AvgIpc) is 3.15. The van der Waals surface area contributed by atoms with Crippen molar-refractivity contribution in [1.82, 2.24) is 24.5 Å². The molecule has 2 aromatic heterocycles. The Balaban J connectivity index is 1.71. The number of hydrogen-bond donors (Lipinski definition) is 1. The van der Waals surface area contributed by atoms with Crippen LogP contribution >= 0.6 is 34.8 Å². The van der Waals surface area contributed by atoms with E-state index in [2.05, 4.69) is 20.4 Å². The molecule has 0 spiro atoms. The van der Waals surface area contributed by atoms with Gasteiger partial charge in [-0.05, 0) is 55.3 Å². The van der Waals surface area contributed by atoms with Crippen LogP contribution in [0.5, 0.6) is 0 Å². The Bertz CT molecular complexity index is 1230. The van der Waals surface area contributed by atoms with Gasteiger partial charge in [0.15, 0.2) is 17.0 Å². The number of hydrogen-bond acceptors (Lipinski definition) is 5. The zero-order valence-corrected chi connectivity index (χ0v) is 18.8. The summed E-state index contributed by atoms with van der Waals surface area (Å²) in [5.41, 5.74) is 6.40. The Labute approximate surface area is 194 Å². The van der Waals surface area contributed by atoms with Gasteiger partial charge in [0.05, 0.1) is 5.02 Å². The molecule has 0 saturated carbocycles. The molecule has 31 heavy (non-hydrogen) atoms. The van der Waals surface area contributed by atoms with Crippen molar-refractivity contribution in [3.8, 4) is 17.1 Å². The molecule has 0 bridgehead atoms. The quantitative estimate of drug-likeness (QED) is 0.379. The van der Waals surface area contributed by atoms with Crippen LogP contribution in [-0.4, -0.2) is 37.6 Å². The normalized spacial score (nSPS) is 14.8. The Kier molecular flexibility index (Phi) is 5.71. The van der Waals surface area contributed by atoms with Gasteiger partial charge in [-0.3, -0.25) is 4.57 Å². The molecule has 0 amide bonds. The smallest absolute Gasteiger partial charge is 0.172 e. The second kappa shape index (κ2) is 8.63. The first-order valence-electron chi connectivity index (χ1n) is 10.1. The van der Waals surface area contributed by atoms with Gasteiger partial charge in [0.1, 0.15) is 12.2 Å². The van der Waals surface area contributed by atoms with Crippen LogP contribution in [0.15, 0.2) is 48.8 Å². The van der Waals surface area contributed by atoms with Crippen LogP contribution in [0.25, 0.3) is 28.2 Å². The molecule has 1 aliphatic rings. The topological polar surface area (TPSA) is 58.9 Å². The van der Waals surface area contributed by atoms with E-state index in [1.807, 2.05) is 34.9 Å². The van der Waals surface area contributed by atoms with E-state index in [9.17, 15) is 0 Å². The third kappa shape index (κ3) is 4.08. The fourth-order valence-electron chi connectivity index (χ4n) is 3.82. The molecule has 0 radical (unpaired) electrons. The highest BCUT2D eigenvalue weighted by Gasteiger charge is 2.21. The van der Waals surface area contributed by atoms with Crippen LogP contribution in [0.4, 0.5) is 5.82 Å². The number of nitrogens with zero attached hydrogens (tertiary/aromatic N) is 5. The molecule has 6 nitrogen and oxygen atoms in total. The monoisotopic (exact) mass is 472 g/mol. The van der Waals surface area contributed by atoms with Gasteiger partial charge < -0.3 is 5.43 Å². The van der Waals surface area contributed by atoms with E-state index < -0.39 is 0 Å². The predicted octanol–water partition coefficient (Wildman–Crippen LogP) is 6.26. The van der Waals surface area contributed by atoms with Crippen molar-refractivity contribution in [2.24, 2.45) is 0 Å². The SMILES string of the molecule is Clc1ccc(-n2c(-c3ccc(Cl)cc3Cl)nc3c(NN4CCCCC4)ncnc32)cc1. The molecule has 1 saturated heterocycles. The average molecular weight is 474 g/mol. The lowest BCUT2D eigenvalue weighted by atomic mass is 10.2. The zero-order valence-electron chi connectivity index (χ0n) is 16.5. The Morgan fingerprint density at radius 2 is 1.58 bits per heavy atom. The molecule has 2 aromatic carbocycles. The summed E-state index contributed by atoms with van der Waals surface area (Å²) in [6.45, 7) is 1.94.